The summed E-state index contributed by atoms with van der Waals surface area (Å²) in [6.07, 6.45) is 9.55. The Balaban J connectivity index is 2.65. The third kappa shape index (κ3) is 3.52. The van der Waals surface area contributed by atoms with Crippen LogP contribution in [0.1, 0.15) is 29.9 Å². The van der Waals surface area contributed by atoms with Gasteiger partial charge in [-0.1, -0.05) is 11.6 Å². The van der Waals surface area contributed by atoms with Gasteiger partial charge in [-0.25, -0.2) is 9.97 Å². The summed E-state index contributed by atoms with van der Waals surface area (Å²) in [6.45, 7) is 3.55. The topological polar surface area (TPSA) is 128 Å². The lowest BCUT2D eigenvalue weighted by Gasteiger charge is -2.08. The van der Waals surface area contributed by atoms with Gasteiger partial charge < -0.3 is 16.6 Å². The Morgan fingerprint density at radius 3 is 2.61 bits per heavy atom. The number of aliphatic hydroxyl groups is 1. The second-order valence-electron chi connectivity index (χ2n) is 4.82. The van der Waals surface area contributed by atoms with Crippen molar-refractivity contribution in [1.82, 2.24) is 15.0 Å². The molecule has 7 nitrogen and oxygen atoms in total. The van der Waals surface area contributed by atoms with Gasteiger partial charge in [0, 0.05) is 18.0 Å². The van der Waals surface area contributed by atoms with Crippen molar-refractivity contribution in [2.45, 2.75) is 13.8 Å². The number of aromatic nitrogens is 3. The van der Waals surface area contributed by atoms with E-state index in [4.69, 9.17) is 11.5 Å². The van der Waals surface area contributed by atoms with Crippen LogP contribution in [0.15, 0.2) is 42.0 Å². The van der Waals surface area contributed by atoms with Crippen molar-refractivity contribution in [1.29, 1.82) is 0 Å². The van der Waals surface area contributed by atoms with E-state index >= 15 is 0 Å². The number of rotatable bonds is 4. The van der Waals surface area contributed by atoms with Gasteiger partial charge in [0.05, 0.1) is 5.69 Å². The first kappa shape index (κ1) is 16.2. The van der Waals surface area contributed by atoms with Crippen LogP contribution in [0.3, 0.4) is 0 Å². The minimum absolute atomic E-state index is 0.0441. The molecule has 2 aromatic heterocycles. The molecule has 0 aromatic carbocycles. The van der Waals surface area contributed by atoms with Gasteiger partial charge in [0.15, 0.2) is 11.3 Å². The highest BCUT2D eigenvalue weighted by Crippen LogP contribution is 2.25. The fourth-order valence-electron chi connectivity index (χ4n) is 1.95. The molecule has 1 amide bonds. The number of allylic oxidation sites excluding steroid dienone is 4. The Hall–Kier alpha value is -3.22. The highest BCUT2D eigenvalue weighted by atomic mass is 16.3. The molecule has 2 aromatic rings. The van der Waals surface area contributed by atoms with Crippen LogP contribution < -0.4 is 11.5 Å². The zero-order chi connectivity index (χ0) is 17.0. The van der Waals surface area contributed by atoms with Crippen LogP contribution in [0.25, 0.3) is 17.2 Å². The lowest BCUT2D eigenvalue weighted by atomic mass is 10.1. The van der Waals surface area contributed by atoms with Crippen LogP contribution in [0.4, 0.5) is 5.69 Å². The molecule has 2 heterocycles. The fourth-order valence-corrected chi connectivity index (χ4v) is 1.95. The summed E-state index contributed by atoms with van der Waals surface area (Å²) in [4.78, 5) is 23.9. The lowest BCUT2D eigenvalue weighted by Crippen LogP contribution is -2.17. The van der Waals surface area contributed by atoms with Crippen LogP contribution in [0, 0.1) is 0 Å². The second-order valence-corrected chi connectivity index (χ2v) is 4.82. The third-order valence-electron chi connectivity index (χ3n) is 3.12. The van der Waals surface area contributed by atoms with E-state index in [-0.39, 0.29) is 22.8 Å². The molecule has 0 saturated carbocycles. The molecule has 118 valence electrons. The zero-order valence-corrected chi connectivity index (χ0v) is 12.8. The summed E-state index contributed by atoms with van der Waals surface area (Å²) in [7, 11) is 0. The highest BCUT2D eigenvalue weighted by Gasteiger charge is 2.16. The van der Waals surface area contributed by atoms with Crippen LogP contribution >= 0.6 is 0 Å². The Kier molecular flexibility index (Phi) is 4.70. The molecule has 0 fully saturated rings. The van der Waals surface area contributed by atoms with Crippen LogP contribution in [0.2, 0.25) is 0 Å². The highest BCUT2D eigenvalue weighted by molar-refractivity contribution is 6.02. The van der Waals surface area contributed by atoms with Gasteiger partial charge in [0.2, 0.25) is 0 Å². The molecule has 5 N–H and O–H groups in total. The summed E-state index contributed by atoms with van der Waals surface area (Å²) in [6, 6.07) is 0. The Labute approximate surface area is 133 Å². The Bertz CT molecular complexity index is 853. The van der Waals surface area contributed by atoms with E-state index in [1.165, 1.54) is 12.4 Å². The molecule has 0 spiro atoms. The second kappa shape index (κ2) is 6.69. The first-order valence-corrected chi connectivity index (χ1v) is 6.85. The number of carbonyl (C=O) groups is 1. The first-order chi connectivity index (χ1) is 10.9. The molecule has 0 bridgehead atoms. The van der Waals surface area contributed by atoms with Crippen LogP contribution in [-0.4, -0.2) is 26.0 Å². The maximum absolute atomic E-state index is 11.5. The molecular weight excluding hydrogens is 294 g/mol. The molecule has 2 rings (SSSR count). The number of nitrogens with two attached hydrogens (primary N) is 2. The number of aliphatic hydroxyl groups excluding tert-OH is 1. The van der Waals surface area contributed by atoms with Crippen molar-refractivity contribution in [3.8, 4) is 0 Å². The predicted molar refractivity (Wildman–Crippen MR) is 89.4 cm³/mol. The van der Waals surface area contributed by atoms with Crippen molar-refractivity contribution in [2.24, 2.45) is 5.73 Å². The van der Waals surface area contributed by atoms with Crippen LogP contribution in [0.5, 0.6) is 0 Å². The summed E-state index contributed by atoms with van der Waals surface area (Å²) >= 11 is 0. The Morgan fingerprint density at radius 2 is 1.96 bits per heavy atom. The smallest absolute Gasteiger partial charge is 0.269 e. The minimum Gasteiger partial charge on any atom is -0.508 e. The number of amides is 1. The van der Waals surface area contributed by atoms with Crippen molar-refractivity contribution in [2.75, 3.05) is 5.73 Å². The zero-order valence-electron chi connectivity index (χ0n) is 12.8. The summed E-state index contributed by atoms with van der Waals surface area (Å²) in [5.41, 5.74) is 13.5. The first-order valence-electron chi connectivity index (χ1n) is 6.85. The van der Waals surface area contributed by atoms with Gasteiger partial charge in [0.1, 0.15) is 11.3 Å². The standard InChI is InChI=1S/C16H17N5O2/c1-3-10(22)5-4-9(2)8-11-12(17)14(15(18)23)21-16-13(11)19-6-7-20-16/h3-8,22H,17H2,1-2H3,(H2,18,23)/b5-4-,9-8+,10-3-. The molecule has 0 aliphatic rings. The number of nitrogens with zero attached hydrogens (tertiary/aromatic N) is 3. The summed E-state index contributed by atoms with van der Waals surface area (Å²) in [5, 5.41) is 9.45. The van der Waals surface area contributed by atoms with E-state index in [1.54, 1.807) is 31.2 Å². The number of hydrogen-bond acceptors (Lipinski definition) is 6. The largest absolute Gasteiger partial charge is 0.508 e. The molecule has 0 atom stereocenters. The van der Waals surface area contributed by atoms with Gasteiger partial charge >= 0.3 is 0 Å². The molecule has 0 aliphatic heterocycles. The van der Waals surface area contributed by atoms with Crippen molar-refractivity contribution >= 4 is 28.8 Å². The monoisotopic (exact) mass is 311 g/mol. The molecular formula is C16H17N5O2. The third-order valence-corrected chi connectivity index (χ3v) is 3.12. The molecule has 0 saturated heterocycles. The quantitative estimate of drug-likeness (QED) is 0.586. The molecule has 0 aliphatic carbocycles. The van der Waals surface area contributed by atoms with Gasteiger partial charge in [-0.05, 0) is 32.1 Å². The number of carbonyl (C=O) groups excluding carboxylic acids is 1. The summed E-state index contributed by atoms with van der Waals surface area (Å²) in [5.74, 6) is -0.590. The molecule has 7 heteroatoms. The molecule has 0 radical (unpaired) electrons. The number of primary amides is 1. The average Bonchev–Trinajstić information content (AvgIpc) is 2.54. The average molecular weight is 311 g/mol. The van der Waals surface area contributed by atoms with Crippen LogP contribution in [-0.2, 0) is 0 Å². The lowest BCUT2D eigenvalue weighted by molar-refractivity contribution is 0.0997. The molecule has 23 heavy (non-hydrogen) atoms. The van der Waals surface area contributed by atoms with Gasteiger partial charge in [-0.3, -0.25) is 9.78 Å². The van der Waals surface area contributed by atoms with Gasteiger partial charge in [-0.15, -0.1) is 0 Å². The van der Waals surface area contributed by atoms with Gasteiger partial charge in [0.25, 0.3) is 5.91 Å². The summed E-state index contributed by atoms with van der Waals surface area (Å²) < 4.78 is 0. The van der Waals surface area contributed by atoms with E-state index in [2.05, 4.69) is 15.0 Å². The van der Waals surface area contributed by atoms with E-state index in [0.717, 1.165) is 5.57 Å². The normalized spacial score (nSPS) is 13.0. The van der Waals surface area contributed by atoms with Crippen molar-refractivity contribution < 1.29 is 9.90 Å². The van der Waals surface area contributed by atoms with Crippen molar-refractivity contribution in [3.05, 3.63) is 53.2 Å². The molecule has 0 unspecified atom stereocenters. The number of anilines is 1. The maximum atomic E-state index is 11.5. The number of pyridine rings is 1. The minimum atomic E-state index is -0.732. The van der Waals surface area contributed by atoms with Crippen molar-refractivity contribution in [3.63, 3.8) is 0 Å². The van der Waals surface area contributed by atoms with E-state index in [0.29, 0.717) is 11.1 Å². The number of fused-ring (bicyclic) bond motifs is 1. The van der Waals surface area contributed by atoms with E-state index in [9.17, 15) is 9.90 Å². The number of nitrogen functional groups attached to an aromatic ring is 1. The van der Waals surface area contributed by atoms with E-state index in [1.807, 2.05) is 6.92 Å². The van der Waals surface area contributed by atoms with Gasteiger partial charge in [-0.2, -0.15) is 0 Å². The maximum Gasteiger partial charge on any atom is 0.269 e. The number of hydrogen-bond donors (Lipinski definition) is 3. The Morgan fingerprint density at radius 1 is 1.26 bits per heavy atom. The predicted octanol–water partition coefficient (Wildman–Crippen LogP) is 2.13. The SMILES string of the molecule is C/C=C(O)/C=C\C(C)=C\c1c(N)c(C(N)=O)nc2nccnc12. The fraction of sp³-hybridized carbons (Fsp3) is 0.125. The van der Waals surface area contributed by atoms with E-state index < -0.39 is 5.91 Å².